The van der Waals surface area contributed by atoms with E-state index < -0.39 is 12.5 Å². The van der Waals surface area contributed by atoms with E-state index in [0.717, 1.165) is 0 Å². The van der Waals surface area contributed by atoms with Crippen LogP contribution >= 0.6 is 0 Å². The second kappa shape index (κ2) is 9.45. The molecule has 3 aromatic rings. The topological polar surface area (TPSA) is 78.3 Å². The van der Waals surface area contributed by atoms with E-state index in [9.17, 15) is 13.6 Å². The average molecular weight is 400 g/mol. The van der Waals surface area contributed by atoms with Crippen molar-refractivity contribution in [2.75, 3.05) is 11.9 Å². The molecule has 0 bridgehead atoms. The Kier molecular flexibility index (Phi) is 6.51. The molecule has 0 fully saturated rings. The van der Waals surface area contributed by atoms with Crippen molar-refractivity contribution in [2.24, 2.45) is 0 Å². The third kappa shape index (κ3) is 5.38. The Bertz CT molecular complexity index is 991. The first-order valence-corrected chi connectivity index (χ1v) is 8.72. The zero-order valence-corrected chi connectivity index (χ0v) is 15.5. The van der Waals surface area contributed by atoms with Gasteiger partial charge in [-0.25, -0.2) is 9.67 Å². The number of ether oxygens (including phenoxy) is 2. The maximum absolute atomic E-state index is 12.5. The number of halogens is 2. The predicted octanol–water partition coefficient (Wildman–Crippen LogP) is 3.92. The van der Waals surface area contributed by atoms with Gasteiger partial charge in [0.1, 0.15) is 0 Å². The Balaban J connectivity index is 1.74. The molecule has 2 heterocycles. The van der Waals surface area contributed by atoms with Gasteiger partial charge in [0, 0.05) is 24.7 Å². The molecular formula is C20H18F2N4O3. The van der Waals surface area contributed by atoms with Crippen LogP contribution in [0.4, 0.5) is 14.5 Å². The molecule has 0 aliphatic heterocycles. The zero-order chi connectivity index (χ0) is 20.6. The van der Waals surface area contributed by atoms with E-state index in [2.05, 4.69) is 20.1 Å². The number of hydrogen-bond donors (Lipinski definition) is 1. The van der Waals surface area contributed by atoms with Crippen molar-refractivity contribution >= 4 is 17.7 Å². The van der Waals surface area contributed by atoms with Crippen LogP contribution in [0.15, 0.2) is 61.1 Å². The van der Waals surface area contributed by atoms with Crippen LogP contribution in [0.3, 0.4) is 0 Å². The van der Waals surface area contributed by atoms with Gasteiger partial charge in [-0.3, -0.25) is 4.79 Å². The maximum atomic E-state index is 12.5. The summed E-state index contributed by atoms with van der Waals surface area (Å²) in [5, 5.41) is 6.85. The minimum absolute atomic E-state index is 0.0670. The van der Waals surface area contributed by atoms with E-state index in [1.807, 2.05) is 0 Å². The van der Waals surface area contributed by atoms with Gasteiger partial charge in [-0.2, -0.15) is 13.9 Å². The maximum Gasteiger partial charge on any atom is 0.387 e. The fraction of sp³-hybridized carbons (Fsp3) is 0.150. The van der Waals surface area contributed by atoms with Gasteiger partial charge >= 0.3 is 6.61 Å². The lowest BCUT2D eigenvalue weighted by molar-refractivity contribution is -0.111. The summed E-state index contributed by atoms with van der Waals surface area (Å²) in [7, 11) is 0. The lowest BCUT2D eigenvalue weighted by Crippen LogP contribution is -2.12. The Morgan fingerprint density at radius 3 is 2.83 bits per heavy atom. The van der Waals surface area contributed by atoms with Crippen LogP contribution in [0.1, 0.15) is 12.5 Å². The van der Waals surface area contributed by atoms with E-state index in [4.69, 9.17) is 4.74 Å². The average Bonchev–Trinajstić information content (AvgIpc) is 3.23. The van der Waals surface area contributed by atoms with Gasteiger partial charge in [-0.1, -0.05) is 6.07 Å². The summed E-state index contributed by atoms with van der Waals surface area (Å²) in [5.41, 5.74) is 1.07. The molecule has 2 aromatic heterocycles. The van der Waals surface area contributed by atoms with E-state index in [1.165, 1.54) is 29.0 Å². The minimum Gasteiger partial charge on any atom is -0.490 e. The van der Waals surface area contributed by atoms with Crippen molar-refractivity contribution in [3.63, 3.8) is 0 Å². The highest BCUT2D eigenvalue weighted by atomic mass is 19.3. The third-order valence-electron chi connectivity index (χ3n) is 3.68. The van der Waals surface area contributed by atoms with Crippen LogP contribution in [0.25, 0.3) is 11.9 Å². The molecule has 3 rings (SSSR count). The van der Waals surface area contributed by atoms with Crippen molar-refractivity contribution in [1.82, 2.24) is 14.8 Å². The van der Waals surface area contributed by atoms with Crippen LogP contribution in [-0.2, 0) is 4.79 Å². The molecule has 9 heteroatoms. The molecule has 0 saturated heterocycles. The summed E-state index contributed by atoms with van der Waals surface area (Å²) in [5.74, 6) is 0.190. The molecule has 1 amide bonds. The summed E-state index contributed by atoms with van der Waals surface area (Å²) in [6.45, 7) is -0.942. The van der Waals surface area contributed by atoms with Gasteiger partial charge in [0.05, 0.1) is 12.3 Å². The molecule has 1 aromatic carbocycles. The fourth-order valence-electron chi connectivity index (χ4n) is 2.51. The molecule has 0 atom stereocenters. The number of hydrogen-bond acceptors (Lipinski definition) is 5. The van der Waals surface area contributed by atoms with Gasteiger partial charge in [-0.15, -0.1) is 0 Å². The first-order chi connectivity index (χ1) is 14.1. The Morgan fingerprint density at radius 1 is 1.24 bits per heavy atom. The van der Waals surface area contributed by atoms with E-state index in [0.29, 0.717) is 17.1 Å². The molecule has 0 aliphatic rings. The molecule has 1 N–H and O–H groups in total. The van der Waals surface area contributed by atoms with E-state index >= 15 is 0 Å². The molecule has 7 nitrogen and oxygen atoms in total. The normalized spacial score (nSPS) is 11.0. The second-order valence-corrected chi connectivity index (χ2v) is 5.67. The zero-order valence-electron chi connectivity index (χ0n) is 15.5. The van der Waals surface area contributed by atoms with Crippen LogP contribution in [-0.4, -0.2) is 33.9 Å². The number of rotatable bonds is 8. The molecule has 0 spiro atoms. The number of carbonyl (C=O) groups excluding carboxylic acids is 1. The highest BCUT2D eigenvalue weighted by Gasteiger charge is 2.11. The Morgan fingerprint density at radius 2 is 2.10 bits per heavy atom. The highest BCUT2D eigenvalue weighted by molar-refractivity contribution is 6.02. The smallest absolute Gasteiger partial charge is 0.387 e. The highest BCUT2D eigenvalue weighted by Crippen LogP contribution is 2.30. The van der Waals surface area contributed by atoms with E-state index in [1.54, 1.807) is 49.8 Å². The number of alkyl halides is 2. The van der Waals surface area contributed by atoms with E-state index in [-0.39, 0.29) is 18.1 Å². The number of anilines is 1. The van der Waals surface area contributed by atoms with Gasteiger partial charge in [0.15, 0.2) is 17.3 Å². The van der Waals surface area contributed by atoms with Crippen molar-refractivity contribution in [3.8, 4) is 17.3 Å². The molecule has 29 heavy (non-hydrogen) atoms. The number of amides is 1. The number of carbonyl (C=O) groups is 1. The number of nitrogens with one attached hydrogen (secondary N) is 1. The van der Waals surface area contributed by atoms with Gasteiger partial charge in [0.25, 0.3) is 0 Å². The number of benzene rings is 1. The van der Waals surface area contributed by atoms with Crippen LogP contribution in [0.5, 0.6) is 11.5 Å². The summed E-state index contributed by atoms with van der Waals surface area (Å²) in [4.78, 5) is 16.5. The Labute approximate surface area is 165 Å². The first-order valence-electron chi connectivity index (χ1n) is 8.72. The van der Waals surface area contributed by atoms with Gasteiger partial charge < -0.3 is 14.8 Å². The predicted molar refractivity (Wildman–Crippen MR) is 103 cm³/mol. The Hall–Kier alpha value is -3.75. The lowest BCUT2D eigenvalue weighted by Gasteiger charge is -2.11. The number of nitrogens with zero attached hydrogens (tertiary/aromatic N) is 3. The lowest BCUT2D eigenvalue weighted by atomic mass is 10.2. The summed E-state index contributed by atoms with van der Waals surface area (Å²) in [6.07, 6.45) is 7.77. The van der Waals surface area contributed by atoms with Gasteiger partial charge in [-0.05, 0) is 48.9 Å². The molecule has 150 valence electrons. The summed E-state index contributed by atoms with van der Waals surface area (Å²) < 4.78 is 36.3. The molecular weight excluding hydrogens is 382 g/mol. The molecule has 0 aliphatic carbocycles. The van der Waals surface area contributed by atoms with Crippen LogP contribution < -0.4 is 14.8 Å². The van der Waals surface area contributed by atoms with Crippen molar-refractivity contribution in [1.29, 1.82) is 0 Å². The van der Waals surface area contributed by atoms with Crippen molar-refractivity contribution in [2.45, 2.75) is 13.5 Å². The number of aromatic nitrogens is 3. The quantitative estimate of drug-likeness (QED) is 0.580. The van der Waals surface area contributed by atoms with Crippen LogP contribution in [0, 0.1) is 0 Å². The monoisotopic (exact) mass is 400 g/mol. The summed E-state index contributed by atoms with van der Waals surface area (Å²) in [6, 6.07) is 9.58. The SMILES string of the molecule is CCOc1cc(/C=C/C(=O)Nc2cccnc2-n2cccn2)ccc1OC(F)F. The van der Waals surface area contributed by atoms with Crippen molar-refractivity contribution in [3.05, 3.63) is 66.6 Å². The second-order valence-electron chi connectivity index (χ2n) is 5.67. The fourth-order valence-corrected chi connectivity index (χ4v) is 2.51. The molecule has 0 radical (unpaired) electrons. The standard InChI is InChI=1S/C20H18F2N4O3/c1-2-28-17-13-14(6-8-16(17)29-20(21)22)7-9-18(27)25-15-5-3-10-23-19(15)26-12-4-11-24-26/h3-13,20H,2H2,1H3,(H,25,27)/b9-7+. The third-order valence-corrected chi connectivity index (χ3v) is 3.68. The molecule has 0 unspecified atom stereocenters. The number of pyridine rings is 1. The largest absolute Gasteiger partial charge is 0.490 e. The summed E-state index contributed by atoms with van der Waals surface area (Å²) >= 11 is 0. The molecule has 0 saturated carbocycles. The van der Waals surface area contributed by atoms with Crippen molar-refractivity contribution < 1.29 is 23.0 Å². The first kappa shape index (κ1) is 20.0. The van der Waals surface area contributed by atoms with Crippen LogP contribution in [0.2, 0.25) is 0 Å². The van der Waals surface area contributed by atoms with Gasteiger partial charge in [0.2, 0.25) is 5.91 Å². The minimum atomic E-state index is -2.95.